The Hall–Kier alpha value is -1.34. The van der Waals surface area contributed by atoms with E-state index in [-0.39, 0.29) is 0 Å². The van der Waals surface area contributed by atoms with Gasteiger partial charge in [-0.3, -0.25) is 0 Å². The van der Waals surface area contributed by atoms with Crippen molar-refractivity contribution in [3.8, 4) is 0 Å². The van der Waals surface area contributed by atoms with Crippen LogP contribution >= 0.6 is 0 Å². The monoisotopic (exact) mass is 213 g/mol. The topological polar surface area (TPSA) is 12.0 Å². The highest BCUT2D eigenvalue weighted by Gasteiger charge is 2.03. The minimum atomic E-state index is 0.730. The molecule has 0 saturated heterocycles. The first-order chi connectivity index (χ1) is 7.95. The van der Waals surface area contributed by atoms with Gasteiger partial charge in [0.2, 0.25) is 0 Å². The lowest BCUT2D eigenvalue weighted by atomic mass is 9.97. The van der Waals surface area contributed by atoms with Crippen molar-refractivity contribution in [1.29, 1.82) is 0 Å². The zero-order chi connectivity index (χ0) is 11.1. The van der Waals surface area contributed by atoms with Gasteiger partial charge in [-0.15, -0.1) is 0 Å². The fourth-order valence-electron chi connectivity index (χ4n) is 1.96. The van der Waals surface area contributed by atoms with Crippen LogP contribution in [-0.4, -0.2) is 6.54 Å². The molecule has 0 bridgehead atoms. The molecule has 0 fully saturated rings. The van der Waals surface area contributed by atoms with E-state index >= 15 is 0 Å². The van der Waals surface area contributed by atoms with Gasteiger partial charge in [-0.1, -0.05) is 54.6 Å². The molecule has 16 heavy (non-hydrogen) atoms. The molecule has 1 atom stereocenters. The molecule has 1 nitrogen and oxygen atoms in total. The van der Waals surface area contributed by atoms with Crippen LogP contribution in [0.25, 0.3) is 0 Å². The number of nitrogens with one attached hydrogen (secondary N) is 1. The molecule has 1 aliphatic rings. The zero-order valence-electron chi connectivity index (χ0n) is 9.60. The van der Waals surface area contributed by atoms with Crippen molar-refractivity contribution < 1.29 is 0 Å². The van der Waals surface area contributed by atoms with Gasteiger partial charge in [-0.2, -0.15) is 0 Å². The van der Waals surface area contributed by atoms with E-state index in [1.165, 1.54) is 18.4 Å². The Morgan fingerprint density at radius 1 is 1.12 bits per heavy atom. The van der Waals surface area contributed by atoms with Crippen LogP contribution in [-0.2, 0) is 6.54 Å². The molecule has 0 aliphatic heterocycles. The van der Waals surface area contributed by atoms with Crippen LogP contribution < -0.4 is 5.32 Å². The van der Waals surface area contributed by atoms with Gasteiger partial charge in [0.1, 0.15) is 0 Å². The van der Waals surface area contributed by atoms with Crippen molar-refractivity contribution in [1.82, 2.24) is 5.32 Å². The Morgan fingerprint density at radius 3 is 2.75 bits per heavy atom. The van der Waals surface area contributed by atoms with E-state index < -0.39 is 0 Å². The predicted molar refractivity (Wildman–Crippen MR) is 69.2 cm³/mol. The van der Waals surface area contributed by atoms with E-state index in [1.54, 1.807) is 0 Å². The third kappa shape index (κ3) is 3.67. The molecule has 0 aromatic heterocycles. The SMILES string of the molecule is C1=CC[C@H](CCNCc2ccccc2)C=C1. The smallest absolute Gasteiger partial charge is 0.0205 e. The number of allylic oxidation sites excluding steroid dienone is 4. The minimum absolute atomic E-state index is 0.730. The fourth-order valence-corrected chi connectivity index (χ4v) is 1.96. The van der Waals surface area contributed by atoms with E-state index in [1.807, 2.05) is 0 Å². The Morgan fingerprint density at radius 2 is 2.00 bits per heavy atom. The number of hydrogen-bond donors (Lipinski definition) is 1. The Bertz CT molecular complexity index is 351. The van der Waals surface area contributed by atoms with Crippen LogP contribution in [0, 0.1) is 5.92 Å². The van der Waals surface area contributed by atoms with Crippen molar-refractivity contribution in [2.45, 2.75) is 19.4 Å². The number of benzene rings is 1. The Labute approximate surface area is 97.9 Å². The molecule has 1 aromatic carbocycles. The first-order valence-corrected chi connectivity index (χ1v) is 6.03. The maximum atomic E-state index is 3.49. The van der Waals surface area contributed by atoms with Gasteiger partial charge in [0.25, 0.3) is 0 Å². The third-order valence-electron chi connectivity index (χ3n) is 2.93. The number of rotatable bonds is 5. The third-order valence-corrected chi connectivity index (χ3v) is 2.93. The molecule has 0 amide bonds. The van der Waals surface area contributed by atoms with Crippen molar-refractivity contribution >= 4 is 0 Å². The van der Waals surface area contributed by atoms with Gasteiger partial charge in [-0.25, -0.2) is 0 Å². The molecular formula is C15H19N. The lowest BCUT2D eigenvalue weighted by molar-refractivity contribution is 0.544. The maximum absolute atomic E-state index is 3.49. The summed E-state index contributed by atoms with van der Waals surface area (Å²) in [4.78, 5) is 0. The summed E-state index contributed by atoms with van der Waals surface area (Å²) in [6, 6.07) is 10.6. The molecule has 1 aromatic rings. The Kier molecular flexibility index (Phi) is 4.38. The van der Waals surface area contributed by atoms with E-state index in [0.29, 0.717) is 0 Å². The van der Waals surface area contributed by atoms with Gasteiger partial charge in [0.15, 0.2) is 0 Å². The summed E-state index contributed by atoms with van der Waals surface area (Å²) in [5.74, 6) is 0.730. The second-order valence-corrected chi connectivity index (χ2v) is 4.26. The second kappa shape index (κ2) is 6.29. The van der Waals surface area contributed by atoms with Gasteiger partial charge >= 0.3 is 0 Å². The molecule has 1 heteroatoms. The summed E-state index contributed by atoms with van der Waals surface area (Å²) in [6.07, 6.45) is 11.3. The lowest BCUT2D eigenvalue weighted by Gasteiger charge is -2.13. The van der Waals surface area contributed by atoms with E-state index in [2.05, 4.69) is 60.0 Å². The zero-order valence-corrected chi connectivity index (χ0v) is 9.60. The summed E-state index contributed by atoms with van der Waals surface area (Å²) >= 11 is 0. The molecular weight excluding hydrogens is 194 g/mol. The van der Waals surface area contributed by atoms with Crippen LogP contribution in [0.4, 0.5) is 0 Å². The summed E-state index contributed by atoms with van der Waals surface area (Å²) in [6.45, 7) is 2.07. The fraction of sp³-hybridized carbons (Fsp3) is 0.333. The summed E-state index contributed by atoms with van der Waals surface area (Å²) in [7, 11) is 0. The van der Waals surface area contributed by atoms with E-state index in [4.69, 9.17) is 0 Å². The highest BCUT2D eigenvalue weighted by molar-refractivity contribution is 5.14. The standard InChI is InChI=1S/C15H19N/c1-3-7-14(8-4-1)11-12-16-13-15-9-5-2-6-10-15/h1-7,9-10,14,16H,8,11-13H2/t14-/m1/s1. The van der Waals surface area contributed by atoms with Gasteiger partial charge < -0.3 is 5.32 Å². The molecule has 0 unspecified atom stereocenters. The molecule has 2 rings (SSSR count). The average Bonchev–Trinajstić information content (AvgIpc) is 2.37. The molecule has 0 radical (unpaired) electrons. The first kappa shape index (κ1) is 11.2. The second-order valence-electron chi connectivity index (χ2n) is 4.26. The average molecular weight is 213 g/mol. The maximum Gasteiger partial charge on any atom is 0.0205 e. The molecule has 1 N–H and O–H groups in total. The first-order valence-electron chi connectivity index (χ1n) is 6.03. The predicted octanol–water partition coefficient (Wildman–Crippen LogP) is 3.30. The highest BCUT2D eigenvalue weighted by Crippen LogP contribution is 2.14. The van der Waals surface area contributed by atoms with Crippen molar-refractivity contribution in [2.75, 3.05) is 6.54 Å². The van der Waals surface area contributed by atoms with E-state index in [0.717, 1.165) is 19.0 Å². The highest BCUT2D eigenvalue weighted by atomic mass is 14.8. The van der Waals surface area contributed by atoms with Crippen LogP contribution in [0.1, 0.15) is 18.4 Å². The van der Waals surface area contributed by atoms with Crippen LogP contribution in [0.5, 0.6) is 0 Å². The van der Waals surface area contributed by atoms with Crippen molar-refractivity contribution in [3.63, 3.8) is 0 Å². The summed E-state index contributed by atoms with van der Waals surface area (Å²) < 4.78 is 0. The Balaban J connectivity index is 1.62. The van der Waals surface area contributed by atoms with Crippen LogP contribution in [0.2, 0.25) is 0 Å². The molecule has 0 spiro atoms. The number of hydrogen-bond acceptors (Lipinski definition) is 1. The molecule has 0 saturated carbocycles. The van der Waals surface area contributed by atoms with Crippen molar-refractivity contribution in [2.24, 2.45) is 5.92 Å². The van der Waals surface area contributed by atoms with Crippen LogP contribution in [0.3, 0.4) is 0 Å². The quantitative estimate of drug-likeness (QED) is 0.740. The largest absolute Gasteiger partial charge is 0.313 e. The van der Waals surface area contributed by atoms with Crippen molar-refractivity contribution in [3.05, 3.63) is 60.2 Å². The van der Waals surface area contributed by atoms with Gasteiger partial charge in [0, 0.05) is 6.54 Å². The molecule has 1 aliphatic carbocycles. The summed E-state index contributed by atoms with van der Waals surface area (Å²) in [5.41, 5.74) is 1.36. The molecule has 0 heterocycles. The van der Waals surface area contributed by atoms with Crippen LogP contribution in [0.15, 0.2) is 54.6 Å². The summed E-state index contributed by atoms with van der Waals surface area (Å²) in [5, 5.41) is 3.49. The van der Waals surface area contributed by atoms with E-state index in [9.17, 15) is 0 Å². The molecule has 84 valence electrons. The van der Waals surface area contributed by atoms with Gasteiger partial charge in [0.05, 0.1) is 0 Å². The normalized spacial score (nSPS) is 18.9. The minimum Gasteiger partial charge on any atom is -0.313 e. The lowest BCUT2D eigenvalue weighted by Crippen LogP contribution is -2.17. The van der Waals surface area contributed by atoms with Gasteiger partial charge in [-0.05, 0) is 30.9 Å².